The quantitative estimate of drug-likeness (QED) is 0.318. The summed E-state index contributed by atoms with van der Waals surface area (Å²) >= 11 is 6.13. The summed E-state index contributed by atoms with van der Waals surface area (Å²) in [5, 5.41) is 3.40. The number of halogens is 1. The van der Waals surface area contributed by atoms with Gasteiger partial charge in [-0.3, -0.25) is 13.9 Å². The lowest BCUT2D eigenvalue weighted by molar-refractivity contribution is -0.140. The second kappa shape index (κ2) is 15.0. The van der Waals surface area contributed by atoms with E-state index in [0.717, 1.165) is 30.2 Å². The van der Waals surface area contributed by atoms with E-state index in [2.05, 4.69) is 12.2 Å². The van der Waals surface area contributed by atoms with Crippen molar-refractivity contribution in [1.82, 2.24) is 10.2 Å². The molecule has 0 aliphatic carbocycles. The molecule has 7 nitrogen and oxygen atoms in total. The van der Waals surface area contributed by atoms with Crippen molar-refractivity contribution in [2.24, 2.45) is 0 Å². The van der Waals surface area contributed by atoms with Gasteiger partial charge in [0, 0.05) is 31.1 Å². The van der Waals surface area contributed by atoms with Gasteiger partial charge in [0.15, 0.2) is 0 Å². The Hall–Kier alpha value is -2.58. The minimum Gasteiger partial charge on any atom is -0.354 e. The van der Waals surface area contributed by atoms with E-state index in [9.17, 15) is 18.0 Å². The molecule has 0 spiro atoms. The lowest BCUT2D eigenvalue weighted by Gasteiger charge is -2.31. The van der Waals surface area contributed by atoms with E-state index in [1.54, 1.807) is 23.1 Å². The first-order valence-electron chi connectivity index (χ1n) is 12.9. The number of carbonyl (C=O) groups is 2. The number of aryl methyl sites for hydroxylation is 1. The molecule has 37 heavy (non-hydrogen) atoms. The molecule has 0 aliphatic heterocycles. The normalized spacial score (nSPS) is 12.1. The molecule has 1 N–H and O–H groups in total. The number of hydrogen-bond acceptors (Lipinski definition) is 4. The molecular formula is C28H40ClN3O4S. The van der Waals surface area contributed by atoms with Gasteiger partial charge in [-0.25, -0.2) is 8.42 Å². The number of carbonyl (C=O) groups excluding carboxylic acids is 2. The second-order valence-electron chi connectivity index (χ2n) is 9.26. The maximum Gasteiger partial charge on any atom is 0.242 e. The minimum atomic E-state index is -3.58. The molecule has 0 fully saturated rings. The first kappa shape index (κ1) is 30.6. The van der Waals surface area contributed by atoms with Crippen molar-refractivity contribution in [3.8, 4) is 0 Å². The third kappa shape index (κ3) is 9.67. The molecule has 0 aliphatic rings. The Bertz CT molecular complexity index is 1130. The Kier molecular flexibility index (Phi) is 12.4. The number of sulfonamides is 1. The third-order valence-electron chi connectivity index (χ3n) is 6.29. The van der Waals surface area contributed by atoms with Crippen LogP contribution in [-0.2, 0) is 26.0 Å². The van der Waals surface area contributed by atoms with E-state index in [0.29, 0.717) is 43.1 Å². The van der Waals surface area contributed by atoms with Crippen molar-refractivity contribution in [3.63, 3.8) is 0 Å². The Labute approximate surface area is 227 Å². The molecule has 0 saturated heterocycles. The fourth-order valence-corrected chi connectivity index (χ4v) is 5.42. The van der Waals surface area contributed by atoms with Crippen molar-refractivity contribution >= 4 is 39.1 Å². The number of nitrogens with one attached hydrogen (secondary N) is 1. The van der Waals surface area contributed by atoms with Gasteiger partial charge < -0.3 is 10.2 Å². The monoisotopic (exact) mass is 549 g/mol. The highest BCUT2D eigenvalue weighted by Gasteiger charge is 2.28. The van der Waals surface area contributed by atoms with Crippen molar-refractivity contribution in [2.45, 2.75) is 65.3 Å². The molecule has 0 aromatic heterocycles. The molecule has 1 atom stereocenters. The Balaban J connectivity index is 2.17. The Morgan fingerprint density at radius 1 is 1.03 bits per heavy atom. The largest absolute Gasteiger partial charge is 0.354 e. The van der Waals surface area contributed by atoms with Crippen LogP contribution in [0.2, 0.25) is 5.02 Å². The van der Waals surface area contributed by atoms with Gasteiger partial charge >= 0.3 is 0 Å². The number of hydrogen-bond donors (Lipinski definition) is 1. The standard InChI is InChI=1S/C28H40ClN3O4S/c1-5-7-18-30-28(34)25(6-2)31(20-17-23-12-9-8-10-13-23)27(33)14-11-19-32(37(4,35)36)26-21-24(29)16-15-22(26)3/h8-10,12-13,15-16,21,25H,5-7,11,14,17-20H2,1-4H3,(H,30,34)/t25-/m0/s1. The van der Waals surface area contributed by atoms with Crippen LogP contribution in [0.4, 0.5) is 5.69 Å². The predicted molar refractivity (Wildman–Crippen MR) is 151 cm³/mol. The van der Waals surface area contributed by atoms with Gasteiger partial charge in [-0.15, -0.1) is 0 Å². The summed E-state index contributed by atoms with van der Waals surface area (Å²) in [6, 6.07) is 14.4. The lowest BCUT2D eigenvalue weighted by atomic mass is 10.1. The number of unbranched alkanes of at least 4 members (excludes halogenated alkanes) is 1. The predicted octanol–water partition coefficient (Wildman–Crippen LogP) is 4.96. The zero-order chi connectivity index (χ0) is 27.4. The highest BCUT2D eigenvalue weighted by Crippen LogP contribution is 2.27. The maximum atomic E-state index is 13.4. The summed E-state index contributed by atoms with van der Waals surface area (Å²) in [7, 11) is -3.58. The fraction of sp³-hybridized carbons (Fsp3) is 0.500. The zero-order valence-electron chi connectivity index (χ0n) is 22.4. The van der Waals surface area contributed by atoms with E-state index in [-0.39, 0.29) is 24.8 Å². The van der Waals surface area contributed by atoms with Crippen LogP contribution in [0.1, 0.15) is 57.1 Å². The van der Waals surface area contributed by atoms with Gasteiger partial charge in [0.25, 0.3) is 0 Å². The van der Waals surface area contributed by atoms with Crippen LogP contribution in [-0.4, -0.2) is 57.1 Å². The first-order chi connectivity index (χ1) is 17.6. The van der Waals surface area contributed by atoms with E-state index in [4.69, 9.17) is 11.6 Å². The Morgan fingerprint density at radius 2 is 1.73 bits per heavy atom. The molecule has 0 saturated carbocycles. The number of amides is 2. The molecule has 0 unspecified atom stereocenters. The van der Waals surface area contributed by atoms with E-state index >= 15 is 0 Å². The van der Waals surface area contributed by atoms with Crippen LogP contribution < -0.4 is 9.62 Å². The van der Waals surface area contributed by atoms with Crippen molar-refractivity contribution in [2.75, 3.05) is 30.2 Å². The molecule has 0 bridgehead atoms. The number of rotatable bonds is 15. The van der Waals surface area contributed by atoms with E-state index in [1.165, 1.54) is 4.31 Å². The lowest BCUT2D eigenvalue weighted by Crippen LogP contribution is -2.50. The topological polar surface area (TPSA) is 86.8 Å². The average molecular weight is 550 g/mol. The van der Waals surface area contributed by atoms with Gasteiger partial charge in [0.1, 0.15) is 6.04 Å². The SMILES string of the molecule is CCCCNC(=O)[C@H](CC)N(CCc1ccccc1)C(=O)CCCN(c1cc(Cl)ccc1C)S(C)(=O)=O. The summed E-state index contributed by atoms with van der Waals surface area (Å²) in [5.41, 5.74) is 2.37. The van der Waals surface area contributed by atoms with Crippen LogP contribution >= 0.6 is 11.6 Å². The van der Waals surface area contributed by atoms with E-state index in [1.807, 2.05) is 44.2 Å². The highest BCUT2D eigenvalue weighted by atomic mass is 35.5. The molecule has 0 heterocycles. The van der Waals surface area contributed by atoms with Gasteiger partial charge in [0.05, 0.1) is 11.9 Å². The Morgan fingerprint density at radius 3 is 2.35 bits per heavy atom. The number of benzene rings is 2. The molecule has 2 amide bonds. The van der Waals surface area contributed by atoms with Gasteiger partial charge in [-0.2, -0.15) is 0 Å². The van der Waals surface area contributed by atoms with Gasteiger partial charge in [-0.1, -0.05) is 68.3 Å². The maximum absolute atomic E-state index is 13.4. The average Bonchev–Trinajstić information content (AvgIpc) is 2.86. The molecule has 9 heteroatoms. The highest BCUT2D eigenvalue weighted by molar-refractivity contribution is 7.92. The van der Waals surface area contributed by atoms with Crippen LogP contribution in [0.5, 0.6) is 0 Å². The van der Waals surface area contributed by atoms with Crippen molar-refractivity contribution in [3.05, 3.63) is 64.7 Å². The van der Waals surface area contributed by atoms with Crippen LogP contribution in [0, 0.1) is 6.92 Å². The van der Waals surface area contributed by atoms with Crippen molar-refractivity contribution in [1.29, 1.82) is 0 Å². The minimum absolute atomic E-state index is 0.124. The van der Waals surface area contributed by atoms with Crippen molar-refractivity contribution < 1.29 is 18.0 Å². The summed E-state index contributed by atoms with van der Waals surface area (Å²) in [6.45, 7) is 6.91. The third-order valence-corrected chi connectivity index (χ3v) is 7.71. The first-order valence-corrected chi connectivity index (χ1v) is 15.2. The van der Waals surface area contributed by atoms with Crippen LogP contribution in [0.25, 0.3) is 0 Å². The summed E-state index contributed by atoms with van der Waals surface area (Å²) < 4.78 is 26.4. The van der Waals surface area contributed by atoms with Crippen LogP contribution in [0.15, 0.2) is 48.5 Å². The fourth-order valence-electron chi connectivity index (χ4n) is 4.24. The smallest absolute Gasteiger partial charge is 0.242 e. The van der Waals surface area contributed by atoms with Gasteiger partial charge in [0.2, 0.25) is 21.8 Å². The molecule has 2 rings (SSSR count). The van der Waals surface area contributed by atoms with E-state index < -0.39 is 16.1 Å². The molecule has 0 radical (unpaired) electrons. The summed E-state index contributed by atoms with van der Waals surface area (Å²) in [5.74, 6) is -0.311. The summed E-state index contributed by atoms with van der Waals surface area (Å²) in [4.78, 5) is 28.1. The molecule has 204 valence electrons. The molecule has 2 aromatic carbocycles. The second-order valence-corrected chi connectivity index (χ2v) is 11.6. The zero-order valence-corrected chi connectivity index (χ0v) is 23.9. The number of nitrogens with zero attached hydrogens (tertiary/aromatic N) is 2. The van der Waals surface area contributed by atoms with Crippen LogP contribution in [0.3, 0.4) is 0 Å². The summed E-state index contributed by atoms with van der Waals surface area (Å²) in [6.07, 6.45) is 4.56. The molecule has 2 aromatic rings. The van der Waals surface area contributed by atoms with Gasteiger partial charge in [-0.05, 0) is 55.9 Å². The number of anilines is 1. The molecular weight excluding hydrogens is 510 g/mol.